The molecule has 0 spiro atoms. The van der Waals surface area contributed by atoms with Gasteiger partial charge in [0.2, 0.25) is 5.91 Å². The molecule has 1 aromatic rings. The second-order valence-electron chi connectivity index (χ2n) is 7.13. The smallest absolute Gasteiger partial charge is 0.406 e. The molecule has 0 bridgehead atoms. The highest BCUT2D eigenvalue weighted by Gasteiger charge is 2.41. The normalized spacial score (nSPS) is 22.5. The fraction of sp³-hybridized carbons (Fsp3) is 0.556. The number of hydrogen-bond acceptors (Lipinski definition) is 3. The van der Waals surface area contributed by atoms with Gasteiger partial charge in [-0.3, -0.25) is 4.79 Å². The van der Waals surface area contributed by atoms with Crippen LogP contribution >= 0.6 is 0 Å². The number of ether oxygens (including phenoxy) is 1. The Hall–Kier alpha value is -2.66. The lowest BCUT2D eigenvalue weighted by molar-refractivity contribution is -0.274. The van der Waals surface area contributed by atoms with Gasteiger partial charge in [0, 0.05) is 30.9 Å². The highest BCUT2D eigenvalue weighted by molar-refractivity contribution is 6.01. The third kappa shape index (κ3) is 5.48. The Morgan fingerprint density at radius 3 is 2.53 bits per heavy atom. The van der Waals surface area contributed by atoms with Gasteiger partial charge in [0.25, 0.3) is 0 Å². The summed E-state index contributed by atoms with van der Waals surface area (Å²) in [5.41, 5.74) is 0.162. The molecule has 2 aliphatic rings. The van der Waals surface area contributed by atoms with Crippen molar-refractivity contribution in [3.8, 4) is 5.75 Å². The average Bonchev–Trinajstić information content (AvgIpc) is 3.19. The molecule has 2 aliphatic heterocycles. The third-order valence-corrected chi connectivity index (χ3v) is 4.97. The van der Waals surface area contributed by atoms with Crippen molar-refractivity contribution in [2.45, 2.75) is 50.3 Å². The summed E-state index contributed by atoms with van der Waals surface area (Å²) in [5, 5.41) is 2.46. The lowest BCUT2D eigenvalue weighted by atomic mass is 10.1. The van der Waals surface area contributed by atoms with E-state index in [1.165, 1.54) is 17.0 Å². The molecular formula is C18H19F6N3O3. The van der Waals surface area contributed by atoms with Gasteiger partial charge in [-0.15, -0.1) is 13.2 Å². The zero-order chi connectivity index (χ0) is 22.1. The number of hydrogen-bond donors (Lipinski definition) is 1. The standard InChI is InChI=1S/C18H19F6N3O3/c19-17(20,21)10-12-4-2-7-27(12)16(29)25-14-6-8-26(15(14)28)11-3-1-5-13(9-11)30-18(22,23)24/h1,3,5,9,12,14H,2,4,6-8,10H2,(H,25,29). The van der Waals surface area contributed by atoms with Crippen LogP contribution in [0.2, 0.25) is 0 Å². The number of amides is 3. The van der Waals surface area contributed by atoms with Crippen LogP contribution in [0.1, 0.15) is 25.7 Å². The molecule has 1 N–H and O–H groups in total. The first-order chi connectivity index (χ1) is 13.9. The highest BCUT2D eigenvalue weighted by atomic mass is 19.4. The fourth-order valence-corrected chi connectivity index (χ4v) is 3.73. The van der Waals surface area contributed by atoms with Gasteiger partial charge < -0.3 is 19.9 Å². The van der Waals surface area contributed by atoms with E-state index in [2.05, 4.69) is 10.1 Å². The van der Waals surface area contributed by atoms with E-state index in [1.807, 2.05) is 0 Å². The SMILES string of the molecule is O=C1C(NC(=O)N2CCCC2CC(F)(F)F)CCN1c1cccc(OC(F)(F)F)c1. The molecule has 30 heavy (non-hydrogen) atoms. The lowest BCUT2D eigenvalue weighted by Crippen LogP contribution is -2.50. The molecule has 2 heterocycles. The van der Waals surface area contributed by atoms with E-state index in [9.17, 15) is 35.9 Å². The predicted octanol–water partition coefficient (Wildman–Crippen LogP) is 3.82. The first-order valence-electron chi connectivity index (χ1n) is 9.24. The molecule has 0 radical (unpaired) electrons. The Bertz CT molecular complexity index is 798. The van der Waals surface area contributed by atoms with Crippen molar-refractivity contribution in [1.29, 1.82) is 0 Å². The zero-order valence-electron chi connectivity index (χ0n) is 15.6. The summed E-state index contributed by atoms with van der Waals surface area (Å²) in [7, 11) is 0. The van der Waals surface area contributed by atoms with E-state index in [0.29, 0.717) is 6.42 Å². The van der Waals surface area contributed by atoms with Crippen molar-refractivity contribution in [2.75, 3.05) is 18.0 Å². The molecule has 3 amide bonds. The van der Waals surface area contributed by atoms with Crippen molar-refractivity contribution < 1.29 is 40.7 Å². The number of nitrogens with zero attached hydrogens (tertiary/aromatic N) is 2. The van der Waals surface area contributed by atoms with Crippen LogP contribution in [0.4, 0.5) is 36.8 Å². The average molecular weight is 439 g/mol. The van der Waals surface area contributed by atoms with E-state index in [-0.39, 0.29) is 31.6 Å². The third-order valence-electron chi connectivity index (χ3n) is 4.97. The maximum atomic E-state index is 12.7. The first-order valence-corrected chi connectivity index (χ1v) is 9.24. The van der Waals surface area contributed by atoms with Gasteiger partial charge in [0.15, 0.2) is 0 Å². The molecule has 0 saturated carbocycles. The van der Waals surface area contributed by atoms with Gasteiger partial charge in [-0.05, 0) is 31.4 Å². The molecule has 12 heteroatoms. The number of anilines is 1. The van der Waals surface area contributed by atoms with Crippen LogP contribution in [-0.2, 0) is 4.79 Å². The van der Waals surface area contributed by atoms with Crippen LogP contribution < -0.4 is 15.0 Å². The van der Waals surface area contributed by atoms with Gasteiger partial charge in [-0.2, -0.15) is 13.2 Å². The van der Waals surface area contributed by atoms with Gasteiger partial charge in [0.1, 0.15) is 11.8 Å². The summed E-state index contributed by atoms with van der Waals surface area (Å²) in [5.74, 6) is -1.05. The fourth-order valence-electron chi connectivity index (χ4n) is 3.73. The van der Waals surface area contributed by atoms with E-state index >= 15 is 0 Å². The van der Waals surface area contributed by atoms with Crippen molar-refractivity contribution >= 4 is 17.6 Å². The molecule has 2 atom stereocenters. The zero-order valence-corrected chi connectivity index (χ0v) is 15.6. The molecular weight excluding hydrogens is 420 g/mol. The maximum Gasteiger partial charge on any atom is 0.573 e. The molecule has 2 saturated heterocycles. The lowest BCUT2D eigenvalue weighted by Gasteiger charge is -2.27. The Kier molecular flexibility index (Phi) is 6.04. The summed E-state index contributed by atoms with van der Waals surface area (Å²) in [6.45, 7) is 0.291. The number of carbonyl (C=O) groups is 2. The molecule has 1 aromatic carbocycles. The minimum absolute atomic E-state index is 0.130. The topological polar surface area (TPSA) is 61.9 Å². The first kappa shape index (κ1) is 22.0. The van der Waals surface area contributed by atoms with E-state index in [0.717, 1.165) is 17.0 Å². The second kappa shape index (κ2) is 8.23. The van der Waals surface area contributed by atoms with Crippen molar-refractivity contribution in [2.24, 2.45) is 0 Å². The molecule has 3 rings (SSSR count). The van der Waals surface area contributed by atoms with Gasteiger partial charge >= 0.3 is 18.6 Å². The Morgan fingerprint density at radius 1 is 1.13 bits per heavy atom. The van der Waals surface area contributed by atoms with Crippen molar-refractivity contribution in [3.05, 3.63) is 24.3 Å². The van der Waals surface area contributed by atoms with Gasteiger partial charge in [0.05, 0.1) is 6.42 Å². The molecule has 0 aromatic heterocycles. The summed E-state index contributed by atoms with van der Waals surface area (Å²) in [4.78, 5) is 27.3. The van der Waals surface area contributed by atoms with Crippen LogP contribution in [-0.4, -0.2) is 54.6 Å². The number of carbonyl (C=O) groups excluding carboxylic acids is 2. The highest BCUT2D eigenvalue weighted by Crippen LogP contribution is 2.31. The van der Waals surface area contributed by atoms with E-state index in [4.69, 9.17) is 0 Å². The summed E-state index contributed by atoms with van der Waals surface area (Å²) < 4.78 is 79.1. The minimum atomic E-state index is -4.88. The Morgan fingerprint density at radius 2 is 1.87 bits per heavy atom. The molecule has 0 aliphatic carbocycles. The molecule has 6 nitrogen and oxygen atoms in total. The Balaban J connectivity index is 1.63. The number of likely N-dealkylation sites (tertiary alicyclic amines) is 1. The van der Waals surface area contributed by atoms with Crippen LogP contribution in [0.3, 0.4) is 0 Å². The maximum absolute atomic E-state index is 12.7. The quantitative estimate of drug-likeness (QED) is 0.726. The number of urea groups is 1. The molecule has 2 fully saturated rings. The molecule has 166 valence electrons. The van der Waals surface area contributed by atoms with E-state index in [1.54, 1.807) is 0 Å². The molecule has 2 unspecified atom stereocenters. The predicted molar refractivity (Wildman–Crippen MR) is 92.8 cm³/mol. The van der Waals surface area contributed by atoms with E-state index < -0.39 is 48.7 Å². The second-order valence-corrected chi connectivity index (χ2v) is 7.13. The van der Waals surface area contributed by atoms with Gasteiger partial charge in [-0.1, -0.05) is 6.07 Å². The Labute approximate surface area is 167 Å². The largest absolute Gasteiger partial charge is 0.573 e. The number of benzene rings is 1. The van der Waals surface area contributed by atoms with Gasteiger partial charge in [-0.25, -0.2) is 4.79 Å². The number of rotatable bonds is 4. The number of halogens is 6. The van der Waals surface area contributed by atoms with Crippen LogP contribution in [0, 0.1) is 0 Å². The van der Waals surface area contributed by atoms with Crippen LogP contribution in [0.15, 0.2) is 24.3 Å². The number of nitrogens with one attached hydrogen (secondary N) is 1. The number of alkyl halides is 6. The van der Waals surface area contributed by atoms with Crippen molar-refractivity contribution in [3.63, 3.8) is 0 Å². The summed E-state index contributed by atoms with van der Waals surface area (Å²) in [6, 6.07) is 2.15. The summed E-state index contributed by atoms with van der Waals surface area (Å²) >= 11 is 0. The minimum Gasteiger partial charge on any atom is -0.406 e. The van der Waals surface area contributed by atoms with Crippen LogP contribution in [0.5, 0.6) is 5.75 Å². The van der Waals surface area contributed by atoms with Crippen LogP contribution in [0.25, 0.3) is 0 Å². The van der Waals surface area contributed by atoms with Crippen molar-refractivity contribution in [1.82, 2.24) is 10.2 Å². The monoisotopic (exact) mass is 439 g/mol. The summed E-state index contributed by atoms with van der Waals surface area (Å²) in [6.07, 6.45) is -9.57.